The van der Waals surface area contributed by atoms with Crippen LogP contribution in [0.5, 0.6) is 11.5 Å². The van der Waals surface area contributed by atoms with Crippen LogP contribution in [0.1, 0.15) is 43.9 Å². The van der Waals surface area contributed by atoms with E-state index in [2.05, 4.69) is 0 Å². The number of hydrogen-bond acceptors (Lipinski definition) is 7. The smallest absolute Gasteiger partial charge is 0.336 e. The highest BCUT2D eigenvalue weighted by Crippen LogP contribution is 2.43. The molecule has 0 saturated heterocycles. The normalized spacial score (nSPS) is 16.0. The fourth-order valence-corrected chi connectivity index (χ4v) is 4.02. The average molecular weight is 450 g/mol. The van der Waals surface area contributed by atoms with Crippen molar-refractivity contribution in [1.29, 1.82) is 0 Å². The zero-order chi connectivity index (χ0) is 23.4. The molecule has 0 aromatic heterocycles. The fraction of sp³-hybridized carbons (Fsp3) is 0.308. The molecule has 0 fully saturated rings. The summed E-state index contributed by atoms with van der Waals surface area (Å²) in [5, 5.41) is 0. The number of fused-ring (bicyclic) bond motifs is 1. The Bertz CT molecular complexity index is 1060. The summed E-state index contributed by atoms with van der Waals surface area (Å²) >= 11 is 0. The molecule has 0 bridgehead atoms. The minimum atomic E-state index is -0.670. The highest BCUT2D eigenvalue weighted by molar-refractivity contribution is 5.98. The van der Waals surface area contributed by atoms with E-state index in [9.17, 15) is 9.59 Å². The first-order valence-corrected chi connectivity index (χ1v) is 11.0. The Kier molecular flexibility index (Phi) is 6.68. The zero-order valence-electron chi connectivity index (χ0n) is 18.9. The van der Waals surface area contributed by atoms with Crippen molar-refractivity contribution in [2.24, 2.45) is 0 Å². The van der Waals surface area contributed by atoms with E-state index in [1.807, 2.05) is 48.2 Å². The van der Waals surface area contributed by atoms with Gasteiger partial charge in [-0.3, -0.25) is 0 Å². The van der Waals surface area contributed by atoms with Gasteiger partial charge in [0.1, 0.15) is 0 Å². The molecule has 2 aromatic carbocycles. The molecular weight excluding hydrogens is 422 g/mol. The van der Waals surface area contributed by atoms with Gasteiger partial charge < -0.3 is 23.8 Å². The molecule has 2 heterocycles. The Hall–Kier alpha value is -3.74. The fourth-order valence-electron chi connectivity index (χ4n) is 4.02. The van der Waals surface area contributed by atoms with E-state index in [4.69, 9.17) is 18.9 Å². The van der Waals surface area contributed by atoms with Gasteiger partial charge in [0.15, 0.2) is 11.5 Å². The van der Waals surface area contributed by atoms with Gasteiger partial charge >= 0.3 is 11.9 Å². The quantitative estimate of drug-likeness (QED) is 0.578. The van der Waals surface area contributed by atoms with Gasteiger partial charge in [0.05, 0.1) is 36.3 Å². The number of hydrogen-bond donors (Lipinski definition) is 0. The third kappa shape index (κ3) is 4.58. The highest BCUT2D eigenvalue weighted by Gasteiger charge is 2.37. The van der Waals surface area contributed by atoms with Crippen molar-refractivity contribution in [3.63, 3.8) is 0 Å². The first-order valence-electron chi connectivity index (χ1n) is 11.0. The lowest BCUT2D eigenvalue weighted by molar-refractivity contribution is -0.139. The van der Waals surface area contributed by atoms with Gasteiger partial charge in [-0.05, 0) is 44.0 Å². The largest absolute Gasteiger partial charge is 0.463 e. The third-order valence-electron chi connectivity index (χ3n) is 5.68. The van der Waals surface area contributed by atoms with Crippen molar-refractivity contribution in [3.05, 3.63) is 83.2 Å². The molecule has 1 atom stereocenters. The molecule has 7 heteroatoms. The molecule has 172 valence electrons. The lowest BCUT2D eigenvalue weighted by atomic mass is 9.82. The first-order chi connectivity index (χ1) is 16.0. The van der Waals surface area contributed by atoms with E-state index >= 15 is 0 Å². The number of nitrogens with zero attached hydrogens (tertiary/aromatic N) is 1. The van der Waals surface area contributed by atoms with Gasteiger partial charge in [-0.2, -0.15) is 0 Å². The van der Waals surface area contributed by atoms with E-state index < -0.39 is 17.9 Å². The second-order valence-corrected chi connectivity index (χ2v) is 7.69. The molecular formula is C26H27NO6. The van der Waals surface area contributed by atoms with Crippen molar-refractivity contribution in [3.8, 4) is 11.5 Å². The predicted molar refractivity (Wildman–Crippen MR) is 121 cm³/mol. The Balaban J connectivity index is 1.82. The summed E-state index contributed by atoms with van der Waals surface area (Å²) < 4.78 is 21.7. The molecule has 2 aromatic rings. The van der Waals surface area contributed by atoms with Crippen LogP contribution in [0, 0.1) is 0 Å². The first kappa shape index (κ1) is 22.5. The van der Waals surface area contributed by atoms with Gasteiger partial charge in [0.25, 0.3) is 0 Å². The van der Waals surface area contributed by atoms with Crippen LogP contribution < -0.4 is 9.47 Å². The van der Waals surface area contributed by atoms with Crippen LogP contribution >= 0.6 is 0 Å². The zero-order valence-corrected chi connectivity index (χ0v) is 18.9. The molecule has 4 rings (SSSR count). The second-order valence-electron chi connectivity index (χ2n) is 7.69. The summed E-state index contributed by atoms with van der Waals surface area (Å²) in [6, 6.07) is 15.1. The SMILES string of the molecule is CCOC(=O)C1=CN([C@H](C)c2ccccc2)C=C(C(=O)OCC)C1c1ccc2c(c1)OCO2. The van der Waals surface area contributed by atoms with E-state index in [1.54, 1.807) is 38.4 Å². The summed E-state index contributed by atoms with van der Waals surface area (Å²) in [6.07, 6.45) is 3.52. The molecule has 0 N–H and O–H groups in total. The topological polar surface area (TPSA) is 74.3 Å². The number of rotatable bonds is 7. The molecule has 0 aliphatic carbocycles. The van der Waals surface area contributed by atoms with E-state index in [0.717, 1.165) is 5.56 Å². The van der Waals surface area contributed by atoms with E-state index in [-0.39, 0.29) is 26.0 Å². The molecule has 33 heavy (non-hydrogen) atoms. The molecule has 0 unspecified atom stereocenters. The Labute approximate surface area is 193 Å². The van der Waals surface area contributed by atoms with Gasteiger partial charge in [-0.1, -0.05) is 36.4 Å². The minimum absolute atomic E-state index is 0.127. The van der Waals surface area contributed by atoms with Crippen molar-refractivity contribution in [2.45, 2.75) is 32.7 Å². The second kappa shape index (κ2) is 9.81. The lowest BCUT2D eigenvalue weighted by Crippen LogP contribution is -2.30. The van der Waals surface area contributed by atoms with Crippen molar-refractivity contribution in [2.75, 3.05) is 20.0 Å². The Morgan fingerprint density at radius 3 is 2.15 bits per heavy atom. The van der Waals surface area contributed by atoms with Crippen molar-refractivity contribution in [1.82, 2.24) is 4.90 Å². The monoisotopic (exact) mass is 449 g/mol. The lowest BCUT2D eigenvalue weighted by Gasteiger charge is -2.34. The van der Waals surface area contributed by atoms with Crippen LogP contribution in [0.4, 0.5) is 0 Å². The standard InChI is InChI=1S/C26H27NO6/c1-4-30-25(28)20-14-27(17(3)18-9-7-6-8-10-18)15-21(26(29)31-5-2)24(20)19-11-12-22-23(13-19)33-16-32-22/h6-15,17,24H,4-5,16H2,1-3H3/t17-/m1/s1. The van der Waals surface area contributed by atoms with Crippen LogP contribution in [-0.4, -0.2) is 36.8 Å². The average Bonchev–Trinajstić information content (AvgIpc) is 3.31. The van der Waals surface area contributed by atoms with Gasteiger partial charge in [-0.15, -0.1) is 0 Å². The van der Waals surface area contributed by atoms with Crippen LogP contribution in [0.3, 0.4) is 0 Å². The van der Waals surface area contributed by atoms with Crippen molar-refractivity contribution < 1.29 is 28.5 Å². The Morgan fingerprint density at radius 2 is 1.55 bits per heavy atom. The third-order valence-corrected chi connectivity index (χ3v) is 5.68. The summed E-state index contributed by atoms with van der Waals surface area (Å²) in [7, 11) is 0. The summed E-state index contributed by atoms with van der Waals surface area (Å²) in [5.41, 5.74) is 2.45. The number of carbonyl (C=O) groups is 2. The summed E-state index contributed by atoms with van der Waals surface area (Å²) in [4.78, 5) is 28.0. The highest BCUT2D eigenvalue weighted by atomic mass is 16.7. The van der Waals surface area contributed by atoms with Crippen molar-refractivity contribution >= 4 is 11.9 Å². The minimum Gasteiger partial charge on any atom is -0.463 e. The summed E-state index contributed by atoms with van der Waals surface area (Å²) in [6.45, 7) is 6.09. The number of benzene rings is 2. The van der Waals surface area contributed by atoms with E-state index in [1.165, 1.54) is 0 Å². The van der Waals surface area contributed by atoms with Crippen LogP contribution in [0.2, 0.25) is 0 Å². The molecule has 0 spiro atoms. The van der Waals surface area contributed by atoms with Gasteiger partial charge in [-0.25, -0.2) is 9.59 Å². The van der Waals surface area contributed by atoms with Crippen LogP contribution in [0.25, 0.3) is 0 Å². The molecule has 0 amide bonds. The Morgan fingerprint density at radius 1 is 0.939 bits per heavy atom. The maximum absolute atomic E-state index is 13.1. The molecule has 0 saturated carbocycles. The van der Waals surface area contributed by atoms with Crippen LogP contribution in [0.15, 0.2) is 72.1 Å². The maximum atomic E-state index is 13.1. The summed E-state index contributed by atoms with van der Waals surface area (Å²) in [5.74, 6) is -0.450. The number of ether oxygens (including phenoxy) is 4. The van der Waals surface area contributed by atoms with Gasteiger partial charge in [0, 0.05) is 12.4 Å². The van der Waals surface area contributed by atoms with Crippen LogP contribution in [-0.2, 0) is 19.1 Å². The number of carbonyl (C=O) groups excluding carboxylic acids is 2. The van der Waals surface area contributed by atoms with E-state index in [0.29, 0.717) is 28.2 Å². The maximum Gasteiger partial charge on any atom is 0.336 e. The predicted octanol–water partition coefficient (Wildman–Crippen LogP) is 4.47. The molecule has 2 aliphatic heterocycles. The molecule has 2 aliphatic rings. The molecule has 0 radical (unpaired) electrons. The number of esters is 2. The molecule has 7 nitrogen and oxygen atoms in total. The van der Waals surface area contributed by atoms with Gasteiger partial charge in [0.2, 0.25) is 6.79 Å².